The van der Waals surface area contributed by atoms with E-state index >= 15 is 0 Å². The van der Waals surface area contributed by atoms with Gasteiger partial charge in [0.2, 0.25) is 0 Å². The molecule has 4 heteroatoms. The number of aryl methyl sites for hydroxylation is 1. The van der Waals surface area contributed by atoms with Gasteiger partial charge in [-0.1, -0.05) is 25.4 Å². The van der Waals surface area contributed by atoms with Crippen molar-refractivity contribution in [2.45, 2.75) is 39.2 Å². The Morgan fingerprint density at radius 2 is 2.21 bits per heavy atom. The molecule has 0 aromatic heterocycles. The molecule has 3 nitrogen and oxygen atoms in total. The number of hydrogen-bond donors (Lipinski definition) is 1. The van der Waals surface area contributed by atoms with E-state index < -0.39 is 12.0 Å². The van der Waals surface area contributed by atoms with E-state index in [9.17, 15) is 9.90 Å². The Balaban J connectivity index is 2.33. The molecule has 0 bridgehead atoms. The van der Waals surface area contributed by atoms with E-state index in [2.05, 4.69) is 13.8 Å². The first-order valence-electron chi connectivity index (χ1n) is 6.77. The molecule has 1 atom stereocenters. The average molecular weight is 282 g/mol. The number of nitrogens with zero attached hydrogens (tertiary/aromatic N) is 1. The van der Waals surface area contributed by atoms with Crippen molar-refractivity contribution in [3.05, 3.63) is 28.8 Å². The van der Waals surface area contributed by atoms with Crippen molar-refractivity contribution >= 4 is 23.3 Å². The van der Waals surface area contributed by atoms with E-state index in [1.54, 1.807) is 0 Å². The highest BCUT2D eigenvalue weighted by molar-refractivity contribution is 6.30. The summed E-state index contributed by atoms with van der Waals surface area (Å²) in [6.07, 6.45) is 2.62. The molecule has 1 aliphatic rings. The molecule has 2 rings (SSSR count). The zero-order valence-electron chi connectivity index (χ0n) is 11.4. The Morgan fingerprint density at radius 1 is 1.47 bits per heavy atom. The van der Waals surface area contributed by atoms with Gasteiger partial charge in [0.1, 0.15) is 6.04 Å². The molecule has 0 fully saturated rings. The summed E-state index contributed by atoms with van der Waals surface area (Å²) in [5.74, 6) is -0.379. The molecule has 1 heterocycles. The zero-order chi connectivity index (χ0) is 14.0. The summed E-state index contributed by atoms with van der Waals surface area (Å²) in [4.78, 5) is 13.6. The lowest BCUT2D eigenvalue weighted by molar-refractivity contribution is -0.139. The van der Waals surface area contributed by atoms with Crippen LogP contribution in [-0.4, -0.2) is 23.7 Å². The van der Waals surface area contributed by atoms with Gasteiger partial charge in [-0.3, -0.25) is 0 Å². The van der Waals surface area contributed by atoms with Crippen LogP contribution in [0.3, 0.4) is 0 Å². The lowest BCUT2D eigenvalue weighted by Crippen LogP contribution is -2.44. The molecule has 0 amide bonds. The molecular formula is C15H20ClNO2. The predicted molar refractivity (Wildman–Crippen MR) is 78.0 cm³/mol. The minimum absolute atomic E-state index is 0.360. The minimum Gasteiger partial charge on any atom is -0.480 e. The Morgan fingerprint density at radius 3 is 2.84 bits per heavy atom. The number of aliphatic carboxylic acids is 1. The van der Waals surface area contributed by atoms with Crippen molar-refractivity contribution in [2.24, 2.45) is 5.92 Å². The maximum atomic E-state index is 11.5. The van der Waals surface area contributed by atoms with Gasteiger partial charge in [0.05, 0.1) is 0 Å². The van der Waals surface area contributed by atoms with Gasteiger partial charge in [0.15, 0.2) is 0 Å². The molecule has 19 heavy (non-hydrogen) atoms. The molecule has 104 valence electrons. The van der Waals surface area contributed by atoms with E-state index in [0.29, 0.717) is 12.3 Å². The lowest BCUT2D eigenvalue weighted by Gasteiger charge is -2.36. The first-order valence-corrected chi connectivity index (χ1v) is 7.14. The summed E-state index contributed by atoms with van der Waals surface area (Å²) < 4.78 is 0. The van der Waals surface area contributed by atoms with Gasteiger partial charge in [0.25, 0.3) is 0 Å². The maximum absolute atomic E-state index is 11.5. The normalized spacial score (nSPS) is 16.3. The first-order chi connectivity index (χ1) is 8.99. The fourth-order valence-corrected chi connectivity index (χ4v) is 2.92. The molecular weight excluding hydrogens is 262 g/mol. The molecule has 0 saturated carbocycles. The number of carboxylic acid groups (broad SMARTS) is 1. The molecule has 1 aromatic carbocycles. The van der Waals surface area contributed by atoms with Crippen LogP contribution in [-0.2, 0) is 11.2 Å². The van der Waals surface area contributed by atoms with E-state index in [-0.39, 0.29) is 0 Å². The molecule has 1 aromatic rings. The average Bonchev–Trinajstić information content (AvgIpc) is 2.34. The Bertz CT molecular complexity index is 473. The standard InChI is InChI=1S/C15H20ClNO2/c1-10(2)8-14(15(18)19)17-7-3-4-11-9-12(16)5-6-13(11)17/h5-6,9-10,14H,3-4,7-8H2,1-2H3,(H,18,19)/t14-/m1/s1. The topological polar surface area (TPSA) is 40.5 Å². The number of fused-ring (bicyclic) bond motifs is 1. The van der Waals surface area contributed by atoms with E-state index in [4.69, 9.17) is 11.6 Å². The molecule has 0 radical (unpaired) electrons. The Labute approximate surface area is 119 Å². The second kappa shape index (κ2) is 5.83. The summed E-state index contributed by atoms with van der Waals surface area (Å²) in [7, 11) is 0. The number of hydrogen-bond acceptors (Lipinski definition) is 2. The maximum Gasteiger partial charge on any atom is 0.326 e. The van der Waals surface area contributed by atoms with Crippen LogP contribution in [0.4, 0.5) is 5.69 Å². The van der Waals surface area contributed by atoms with Crippen molar-refractivity contribution in [2.75, 3.05) is 11.4 Å². The van der Waals surface area contributed by atoms with Crippen LogP contribution >= 0.6 is 11.6 Å². The van der Waals surface area contributed by atoms with Crippen LogP contribution in [0.5, 0.6) is 0 Å². The molecule has 1 aliphatic heterocycles. The highest BCUT2D eigenvalue weighted by Gasteiger charge is 2.29. The van der Waals surface area contributed by atoms with Crippen LogP contribution in [0.1, 0.15) is 32.3 Å². The van der Waals surface area contributed by atoms with Crippen molar-refractivity contribution in [1.82, 2.24) is 0 Å². The highest BCUT2D eigenvalue weighted by atomic mass is 35.5. The van der Waals surface area contributed by atoms with Crippen molar-refractivity contribution < 1.29 is 9.90 Å². The van der Waals surface area contributed by atoms with E-state index in [0.717, 1.165) is 35.7 Å². The summed E-state index contributed by atoms with van der Waals surface area (Å²) in [6.45, 7) is 4.92. The Kier molecular flexibility index (Phi) is 4.35. The summed E-state index contributed by atoms with van der Waals surface area (Å²) in [6, 6.07) is 5.30. The monoisotopic (exact) mass is 281 g/mol. The van der Waals surface area contributed by atoms with Crippen LogP contribution in [0.2, 0.25) is 5.02 Å². The van der Waals surface area contributed by atoms with E-state index in [1.807, 2.05) is 23.1 Å². The Hall–Kier alpha value is -1.22. The van der Waals surface area contributed by atoms with Crippen LogP contribution < -0.4 is 4.90 Å². The lowest BCUT2D eigenvalue weighted by atomic mass is 9.96. The number of rotatable bonds is 4. The zero-order valence-corrected chi connectivity index (χ0v) is 12.2. The van der Waals surface area contributed by atoms with Gasteiger partial charge in [-0.15, -0.1) is 0 Å². The summed E-state index contributed by atoms with van der Waals surface area (Å²) in [5, 5.41) is 10.2. The first kappa shape index (κ1) is 14.2. The largest absolute Gasteiger partial charge is 0.480 e. The van der Waals surface area contributed by atoms with Gasteiger partial charge < -0.3 is 10.0 Å². The number of carboxylic acids is 1. The number of anilines is 1. The molecule has 0 spiro atoms. The van der Waals surface area contributed by atoms with Crippen molar-refractivity contribution in [3.8, 4) is 0 Å². The number of halogens is 1. The fourth-order valence-electron chi connectivity index (χ4n) is 2.73. The van der Waals surface area contributed by atoms with Crippen LogP contribution in [0.15, 0.2) is 18.2 Å². The van der Waals surface area contributed by atoms with E-state index in [1.165, 1.54) is 0 Å². The molecule has 0 unspecified atom stereocenters. The molecule has 1 N–H and O–H groups in total. The second-order valence-corrected chi connectivity index (χ2v) is 5.99. The third-order valence-corrected chi connectivity index (χ3v) is 3.79. The van der Waals surface area contributed by atoms with Gasteiger partial charge in [-0.2, -0.15) is 0 Å². The van der Waals surface area contributed by atoms with Crippen molar-refractivity contribution in [3.63, 3.8) is 0 Å². The number of carbonyl (C=O) groups is 1. The van der Waals surface area contributed by atoms with Gasteiger partial charge in [0, 0.05) is 17.3 Å². The SMILES string of the molecule is CC(C)C[C@H](C(=O)O)N1CCCc2cc(Cl)ccc21. The van der Waals surface area contributed by atoms with Crippen molar-refractivity contribution in [1.29, 1.82) is 0 Å². The quantitative estimate of drug-likeness (QED) is 0.917. The summed E-state index contributed by atoms with van der Waals surface area (Å²) in [5.41, 5.74) is 2.19. The molecule has 0 aliphatic carbocycles. The van der Waals surface area contributed by atoms with Crippen LogP contribution in [0.25, 0.3) is 0 Å². The molecule has 0 saturated heterocycles. The third-order valence-electron chi connectivity index (χ3n) is 3.55. The fraction of sp³-hybridized carbons (Fsp3) is 0.533. The minimum atomic E-state index is -0.739. The van der Waals surface area contributed by atoms with Crippen LogP contribution in [0, 0.1) is 5.92 Å². The third kappa shape index (κ3) is 3.21. The predicted octanol–water partition coefficient (Wildman–Crippen LogP) is 3.59. The van der Waals surface area contributed by atoms with Gasteiger partial charge in [-0.25, -0.2) is 4.79 Å². The van der Waals surface area contributed by atoms with Gasteiger partial charge >= 0.3 is 5.97 Å². The number of benzene rings is 1. The second-order valence-electron chi connectivity index (χ2n) is 5.55. The van der Waals surface area contributed by atoms with Gasteiger partial charge in [-0.05, 0) is 48.9 Å². The smallest absolute Gasteiger partial charge is 0.326 e. The summed E-state index contributed by atoms with van der Waals surface area (Å²) >= 11 is 6.02. The highest BCUT2D eigenvalue weighted by Crippen LogP contribution is 2.32.